The second-order valence-electron chi connectivity index (χ2n) is 6.90. The molecule has 8 heteroatoms. The van der Waals surface area contributed by atoms with Crippen molar-refractivity contribution in [2.75, 3.05) is 11.9 Å². The van der Waals surface area contributed by atoms with E-state index in [1.165, 1.54) is 24.9 Å². The molecule has 2 aromatic heterocycles. The topological polar surface area (TPSA) is 95.2 Å². The second-order valence-corrected chi connectivity index (χ2v) is 6.90. The molecule has 0 atom stereocenters. The van der Waals surface area contributed by atoms with E-state index in [9.17, 15) is 14.4 Å². The van der Waals surface area contributed by atoms with Gasteiger partial charge in [0, 0.05) is 25.9 Å². The molecule has 0 aliphatic carbocycles. The van der Waals surface area contributed by atoms with Crippen LogP contribution in [0.15, 0.2) is 40.1 Å². The SMILES string of the molecule is CCCCOc1ccc(C(=O)Nc2c(C)cnc3c2c(=O)n(C)c(=O)n3C)cc1. The van der Waals surface area contributed by atoms with Crippen LogP contribution >= 0.6 is 0 Å². The van der Waals surface area contributed by atoms with Gasteiger partial charge in [0.15, 0.2) is 5.65 Å². The van der Waals surface area contributed by atoms with Crippen molar-refractivity contribution in [3.8, 4) is 5.75 Å². The lowest BCUT2D eigenvalue weighted by molar-refractivity contribution is 0.102. The van der Waals surface area contributed by atoms with Gasteiger partial charge in [-0.3, -0.25) is 18.7 Å². The lowest BCUT2D eigenvalue weighted by atomic mass is 10.1. The number of aromatic nitrogens is 3. The number of fused-ring (bicyclic) bond motifs is 1. The number of rotatable bonds is 6. The third-order valence-corrected chi connectivity index (χ3v) is 4.78. The van der Waals surface area contributed by atoms with Gasteiger partial charge in [0.05, 0.1) is 12.3 Å². The molecule has 0 radical (unpaired) electrons. The molecule has 0 saturated heterocycles. The van der Waals surface area contributed by atoms with Crippen LogP contribution in [0.25, 0.3) is 11.0 Å². The van der Waals surface area contributed by atoms with Gasteiger partial charge in [-0.2, -0.15) is 0 Å². The average Bonchev–Trinajstić information content (AvgIpc) is 2.72. The maximum Gasteiger partial charge on any atom is 0.332 e. The molecule has 8 nitrogen and oxygen atoms in total. The van der Waals surface area contributed by atoms with Crippen molar-refractivity contribution >= 4 is 22.6 Å². The highest BCUT2D eigenvalue weighted by atomic mass is 16.5. The molecule has 0 unspecified atom stereocenters. The van der Waals surface area contributed by atoms with E-state index in [0.717, 1.165) is 17.4 Å². The molecular formula is C21H24N4O4. The molecule has 3 aromatic rings. The summed E-state index contributed by atoms with van der Waals surface area (Å²) >= 11 is 0. The molecule has 0 saturated carbocycles. The number of pyridine rings is 1. The van der Waals surface area contributed by atoms with E-state index in [0.29, 0.717) is 29.2 Å². The van der Waals surface area contributed by atoms with Crippen LogP contribution in [0.3, 0.4) is 0 Å². The van der Waals surface area contributed by atoms with E-state index < -0.39 is 11.2 Å². The fraction of sp³-hybridized carbons (Fsp3) is 0.333. The zero-order valence-electron chi connectivity index (χ0n) is 17.0. The number of carbonyl (C=O) groups excluding carboxylic acids is 1. The monoisotopic (exact) mass is 396 g/mol. The predicted octanol–water partition coefficient (Wildman–Crippen LogP) is 2.37. The maximum absolute atomic E-state index is 12.8. The Hall–Kier alpha value is -3.42. The average molecular weight is 396 g/mol. The zero-order chi connectivity index (χ0) is 21.1. The third kappa shape index (κ3) is 3.91. The van der Waals surface area contributed by atoms with Gasteiger partial charge in [-0.15, -0.1) is 0 Å². The Morgan fingerprint density at radius 3 is 2.48 bits per heavy atom. The van der Waals surface area contributed by atoms with Gasteiger partial charge in [-0.1, -0.05) is 13.3 Å². The molecule has 3 rings (SSSR count). The highest BCUT2D eigenvalue weighted by Gasteiger charge is 2.18. The van der Waals surface area contributed by atoms with Crippen LogP contribution in [0, 0.1) is 6.92 Å². The van der Waals surface area contributed by atoms with Gasteiger partial charge < -0.3 is 10.1 Å². The highest BCUT2D eigenvalue weighted by Crippen LogP contribution is 2.23. The Labute approximate surface area is 167 Å². The van der Waals surface area contributed by atoms with E-state index in [1.54, 1.807) is 31.2 Å². The number of amides is 1. The molecule has 0 aliphatic rings. The van der Waals surface area contributed by atoms with E-state index in [4.69, 9.17) is 4.74 Å². The number of nitrogens with one attached hydrogen (secondary N) is 1. The number of carbonyl (C=O) groups is 1. The smallest absolute Gasteiger partial charge is 0.332 e. The first kappa shape index (κ1) is 20.3. The standard InChI is InChI=1S/C21H24N4O4/c1-5-6-11-29-15-9-7-14(8-10-15)19(26)23-17-13(2)12-22-18-16(17)20(27)25(4)21(28)24(18)3/h7-10,12H,5-6,11H2,1-4H3,(H,22,23,26). The summed E-state index contributed by atoms with van der Waals surface area (Å²) in [5, 5.41) is 3.00. The maximum atomic E-state index is 12.8. The summed E-state index contributed by atoms with van der Waals surface area (Å²) in [6.07, 6.45) is 3.54. The minimum atomic E-state index is -0.505. The predicted molar refractivity (Wildman–Crippen MR) is 112 cm³/mol. The molecule has 0 aliphatic heterocycles. The van der Waals surface area contributed by atoms with Crippen LogP contribution < -0.4 is 21.3 Å². The van der Waals surface area contributed by atoms with Gasteiger partial charge in [0.25, 0.3) is 11.5 Å². The molecule has 2 heterocycles. The molecule has 29 heavy (non-hydrogen) atoms. The lowest BCUT2D eigenvalue weighted by Crippen LogP contribution is -2.37. The van der Waals surface area contributed by atoms with Crippen molar-refractivity contribution in [1.82, 2.24) is 14.1 Å². The number of ether oxygens (including phenoxy) is 1. The molecule has 0 spiro atoms. The van der Waals surface area contributed by atoms with Crippen LogP contribution in [-0.4, -0.2) is 26.6 Å². The highest BCUT2D eigenvalue weighted by molar-refractivity contribution is 6.08. The van der Waals surface area contributed by atoms with Crippen molar-refractivity contribution in [2.24, 2.45) is 14.1 Å². The molecule has 0 fully saturated rings. The molecule has 1 N–H and O–H groups in total. The summed E-state index contributed by atoms with van der Waals surface area (Å²) in [6, 6.07) is 6.82. The van der Waals surface area contributed by atoms with E-state index in [1.807, 2.05) is 0 Å². The van der Waals surface area contributed by atoms with E-state index >= 15 is 0 Å². The lowest BCUT2D eigenvalue weighted by Gasteiger charge is -2.14. The quantitative estimate of drug-likeness (QED) is 0.646. The number of aryl methyl sites for hydroxylation is 2. The molecule has 1 amide bonds. The Morgan fingerprint density at radius 2 is 1.83 bits per heavy atom. The van der Waals surface area contributed by atoms with Gasteiger partial charge in [-0.05, 0) is 43.2 Å². The van der Waals surface area contributed by atoms with E-state index in [2.05, 4.69) is 17.2 Å². The van der Waals surface area contributed by atoms with Crippen LogP contribution in [0.5, 0.6) is 5.75 Å². The van der Waals surface area contributed by atoms with Crippen molar-refractivity contribution in [1.29, 1.82) is 0 Å². The number of unbranched alkanes of at least 4 members (excludes halogenated alkanes) is 1. The first-order valence-corrected chi connectivity index (χ1v) is 9.44. The summed E-state index contributed by atoms with van der Waals surface area (Å²) in [6.45, 7) is 4.47. The number of hydrogen-bond acceptors (Lipinski definition) is 5. The first-order chi connectivity index (χ1) is 13.8. The van der Waals surface area contributed by atoms with Crippen molar-refractivity contribution < 1.29 is 9.53 Å². The Bertz CT molecular complexity index is 1180. The third-order valence-electron chi connectivity index (χ3n) is 4.78. The first-order valence-electron chi connectivity index (χ1n) is 9.44. The van der Waals surface area contributed by atoms with E-state index in [-0.39, 0.29) is 16.9 Å². The zero-order valence-corrected chi connectivity index (χ0v) is 17.0. The minimum absolute atomic E-state index is 0.197. The number of nitrogens with zero attached hydrogens (tertiary/aromatic N) is 3. The number of hydrogen-bond donors (Lipinski definition) is 1. The van der Waals surface area contributed by atoms with Crippen molar-refractivity contribution in [3.63, 3.8) is 0 Å². The largest absolute Gasteiger partial charge is 0.494 e. The molecule has 1 aromatic carbocycles. The van der Waals surface area contributed by atoms with Gasteiger partial charge in [-0.25, -0.2) is 9.78 Å². The van der Waals surface area contributed by atoms with Gasteiger partial charge in [0.1, 0.15) is 11.1 Å². The van der Waals surface area contributed by atoms with Gasteiger partial charge in [0.2, 0.25) is 0 Å². The van der Waals surface area contributed by atoms with Crippen LogP contribution in [0.1, 0.15) is 35.7 Å². The van der Waals surface area contributed by atoms with Crippen LogP contribution in [0.2, 0.25) is 0 Å². The Balaban J connectivity index is 1.96. The van der Waals surface area contributed by atoms with Crippen molar-refractivity contribution in [3.05, 3.63) is 62.4 Å². The normalized spacial score (nSPS) is 10.9. The minimum Gasteiger partial charge on any atom is -0.494 e. The summed E-state index contributed by atoms with van der Waals surface area (Å²) in [5.41, 5.74) is 0.641. The molecular weight excluding hydrogens is 372 g/mol. The number of benzene rings is 1. The fourth-order valence-corrected chi connectivity index (χ4v) is 3.01. The summed E-state index contributed by atoms with van der Waals surface area (Å²) < 4.78 is 7.90. The Kier molecular flexibility index (Phi) is 5.81. The van der Waals surface area contributed by atoms with Crippen molar-refractivity contribution in [2.45, 2.75) is 26.7 Å². The van der Waals surface area contributed by atoms with Crippen LogP contribution in [0.4, 0.5) is 5.69 Å². The Morgan fingerprint density at radius 1 is 1.14 bits per heavy atom. The fourth-order valence-electron chi connectivity index (χ4n) is 3.01. The molecule has 152 valence electrons. The summed E-state index contributed by atoms with van der Waals surface area (Å²) in [7, 11) is 2.94. The molecule has 0 bridgehead atoms. The summed E-state index contributed by atoms with van der Waals surface area (Å²) in [4.78, 5) is 41.9. The summed E-state index contributed by atoms with van der Waals surface area (Å²) in [5.74, 6) is 0.334. The second kappa shape index (κ2) is 8.30. The number of anilines is 1. The van der Waals surface area contributed by atoms with Crippen LogP contribution in [-0.2, 0) is 14.1 Å². The van der Waals surface area contributed by atoms with Gasteiger partial charge >= 0.3 is 5.69 Å².